The van der Waals surface area contributed by atoms with Gasteiger partial charge in [-0.25, -0.2) is 9.37 Å². The van der Waals surface area contributed by atoms with Crippen LogP contribution in [0.1, 0.15) is 27.4 Å². The zero-order valence-corrected chi connectivity index (χ0v) is 25.3. The lowest BCUT2D eigenvalue weighted by molar-refractivity contribution is -0.878. The SMILES string of the molecule is COc1ccc(-c2cnc(C(=O)Nc3ccc(C(=O)N4CCN(C(=O)C5CC[N+](C)(C)C5)CC4)c(Cl)c3)n2C)c(F)c1F. The predicted octanol–water partition coefficient (Wildman–Crippen LogP) is 3.66. The van der Waals surface area contributed by atoms with E-state index in [0.717, 1.165) is 24.0 Å². The molecule has 2 aromatic carbocycles. The molecule has 13 heteroatoms. The lowest BCUT2D eigenvalue weighted by Gasteiger charge is -2.36. The van der Waals surface area contributed by atoms with Crippen molar-refractivity contribution in [2.75, 3.05) is 65.8 Å². The molecule has 2 saturated heterocycles. The molecule has 3 aromatic rings. The van der Waals surface area contributed by atoms with Crippen LogP contribution in [0.4, 0.5) is 14.5 Å². The molecule has 10 nitrogen and oxygen atoms in total. The third kappa shape index (κ3) is 6.07. The predicted molar refractivity (Wildman–Crippen MR) is 157 cm³/mol. The molecule has 2 aliphatic heterocycles. The van der Waals surface area contributed by atoms with E-state index < -0.39 is 17.5 Å². The van der Waals surface area contributed by atoms with Gasteiger partial charge in [0, 0.05) is 50.9 Å². The van der Waals surface area contributed by atoms with E-state index in [2.05, 4.69) is 24.4 Å². The maximum absolute atomic E-state index is 14.6. The highest BCUT2D eigenvalue weighted by Crippen LogP contribution is 2.30. The van der Waals surface area contributed by atoms with Crippen LogP contribution < -0.4 is 10.1 Å². The maximum Gasteiger partial charge on any atom is 0.291 e. The van der Waals surface area contributed by atoms with Crippen molar-refractivity contribution in [3.05, 3.63) is 64.6 Å². The number of nitrogens with zero attached hydrogens (tertiary/aromatic N) is 5. The van der Waals surface area contributed by atoms with E-state index in [1.165, 1.54) is 49.2 Å². The monoisotopic (exact) mass is 615 g/mol. The molecular formula is C30H34ClF2N6O4+. The fraction of sp³-hybridized carbons (Fsp3) is 0.400. The number of methoxy groups -OCH3 is 1. The van der Waals surface area contributed by atoms with Crippen LogP contribution in [0.3, 0.4) is 0 Å². The van der Waals surface area contributed by atoms with Gasteiger partial charge in [0.25, 0.3) is 11.8 Å². The maximum atomic E-state index is 14.6. The Morgan fingerprint density at radius 3 is 2.37 bits per heavy atom. The average Bonchev–Trinajstić information content (AvgIpc) is 3.55. The Labute approximate surface area is 253 Å². The number of benzene rings is 2. The van der Waals surface area contributed by atoms with Crippen LogP contribution in [-0.2, 0) is 11.8 Å². The first kappa shape index (κ1) is 30.4. The summed E-state index contributed by atoms with van der Waals surface area (Å²) in [7, 11) is 7.01. The van der Waals surface area contributed by atoms with Crippen molar-refractivity contribution in [3.8, 4) is 17.0 Å². The van der Waals surface area contributed by atoms with E-state index in [-0.39, 0.29) is 51.1 Å². The lowest BCUT2D eigenvalue weighted by atomic mass is 10.1. The van der Waals surface area contributed by atoms with E-state index >= 15 is 0 Å². The van der Waals surface area contributed by atoms with Gasteiger partial charge in [-0.1, -0.05) is 11.6 Å². The van der Waals surface area contributed by atoms with E-state index in [9.17, 15) is 23.2 Å². The smallest absolute Gasteiger partial charge is 0.291 e. The minimum atomic E-state index is -1.14. The van der Waals surface area contributed by atoms with Crippen molar-refractivity contribution in [2.45, 2.75) is 6.42 Å². The van der Waals surface area contributed by atoms with Gasteiger partial charge in [0.1, 0.15) is 0 Å². The third-order valence-corrected chi connectivity index (χ3v) is 8.53. The van der Waals surface area contributed by atoms with Crippen LogP contribution in [0.5, 0.6) is 5.75 Å². The van der Waals surface area contributed by atoms with Gasteiger partial charge in [0.05, 0.1) is 62.7 Å². The second-order valence-electron chi connectivity index (χ2n) is 11.6. The Bertz CT molecular complexity index is 1580. The van der Waals surface area contributed by atoms with Gasteiger partial charge >= 0.3 is 0 Å². The number of rotatable bonds is 6. The fourth-order valence-electron chi connectivity index (χ4n) is 5.76. The molecule has 228 valence electrons. The quantitative estimate of drug-likeness (QED) is 0.427. The topological polar surface area (TPSA) is 96.8 Å². The number of carbonyl (C=O) groups excluding carboxylic acids is 3. The van der Waals surface area contributed by atoms with E-state index in [4.69, 9.17) is 16.3 Å². The van der Waals surface area contributed by atoms with Crippen molar-refractivity contribution < 1.29 is 32.4 Å². The number of nitrogens with one attached hydrogen (secondary N) is 1. The van der Waals surface area contributed by atoms with Crippen LogP contribution in [-0.4, -0.2) is 102 Å². The molecule has 1 atom stereocenters. The van der Waals surface area contributed by atoms with Crippen molar-refractivity contribution >= 4 is 35.0 Å². The average molecular weight is 616 g/mol. The highest BCUT2D eigenvalue weighted by molar-refractivity contribution is 6.34. The molecule has 1 unspecified atom stereocenters. The van der Waals surface area contributed by atoms with Crippen LogP contribution in [0.2, 0.25) is 5.02 Å². The van der Waals surface area contributed by atoms with E-state index in [1.54, 1.807) is 11.0 Å². The lowest BCUT2D eigenvalue weighted by Crippen LogP contribution is -2.52. The summed E-state index contributed by atoms with van der Waals surface area (Å²) in [6, 6.07) is 7.20. The van der Waals surface area contributed by atoms with Gasteiger partial charge in [-0.2, -0.15) is 4.39 Å². The molecule has 0 bridgehead atoms. The molecule has 1 aromatic heterocycles. The van der Waals surface area contributed by atoms with Crippen LogP contribution in [0.25, 0.3) is 11.3 Å². The molecule has 0 radical (unpaired) electrons. The van der Waals surface area contributed by atoms with Gasteiger partial charge in [-0.3, -0.25) is 14.4 Å². The van der Waals surface area contributed by atoms with Gasteiger partial charge in [-0.15, -0.1) is 0 Å². The highest BCUT2D eigenvalue weighted by atomic mass is 35.5. The second-order valence-corrected chi connectivity index (χ2v) is 12.0. The molecular weight excluding hydrogens is 582 g/mol. The van der Waals surface area contributed by atoms with Crippen LogP contribution in [0, 0.1) is 17.6 Å². The molecule has 43 heavy (non-hydrogen) atoms. The number of hydrogen-bond donors (Lipinski definition) is 1. The van der Waals surface area contributed by atoms with Crippen molar-refractivity contribution in [1.29, 1.82) is 0 Å². The van der Waals surface area contributed by atoms with Gasteiger partial charge in [0.15, 0.2) is 17.4 Å². The number of aromatic nitrogens is 2. The summed E-state index contributed by atoms with van der Waals surface area (Å²) in [5.41, 5.74) is 0.720. The fourth-order valence-corrected chi connectivity index (χ4v) is 6.02. The van der Waals surface area contributed by atoms with Gasteiger partial charge in [0.2, 0.25) is 11.7 Å². The Morgan fingerprint density at radius 1 is 1.05 bits per heavy atom. The molecule has 3 amide bonds. The molecule has 0 aliphatic carbocycles. The summed E-state index contributed by atoms with van der Waals surface area (Å²) >= 11 is 6.46. The first-order valence-corrected chi connectivity index (χ1v) is 14.3. The first-order chi connectivity index (χ1) is 20.4. The summed E-state index contributed by atoms with van der Waals surface area (Å²) in [5.74, 6) is -3.21. The Hall–Kier alpha value is -4.03. The van der Waals surface area contributed by atoms with Crippen molar-refractivity contribution in [1.82, 2.24) is 19.4 Å². The minimum absolute atomic E-state index is 0.0263. The molecule has 1 N–H and O–H groups in total. The molecule has 2 fully saturated rings. The largest absolute Gasteiger partial charge is 0.494 e. The number of likely N-dealkylation sites (tertiary alicyclic amines) is 1. The number of hydrogen-bond acceptors (Lipinski definition) is 5. The van der Waals surface area contributed by atoms with Crippen molar-refractivity contribution in [3.63, 3.8) is 0 Å². The normalized spacial score (nSPS) is 18.1. The summed E-state index contributed by atoms with van der Waals surface area (Å²) < 4.78 is 35.9. The van der Waals surface area contributed by atoms with Gasteiger partial charge < -0.3 is 28.9 Å². The van der Waals surface area contributed by atoms with Crippen molar-refractivity contribution in [2.24, 2.45) is 13.0 Å². The number of ether oxygens (including phenoxy) is 1. The summed E-state index contributed by atoms with van der Waals surface area (Å²) in [6.07, 6.45) is 2.15. The Morgan fingerprint density at radius 2 is 1.74 bits per heavy atom. The second kappa shape index (κ2) is 11.9. The summed E-state index contributed by atoms with van der Waals surface area (Å²) in [5, 5.41) is 2.84. The zero-order valence-electron chi connectivity index (χ0n) is 24.5. The number of quaternary nitrogens is 1. The molecule has 3 heterocycles. The molecule has 2 aliphatic rings. The van der Waals surface area contributed by atoms with Crippen LogP contribution in [0.15, 0.2) is 36.5 Å². The highest BCUT2D eigenvalue weighted by Gasteiger charge is 2.38. The minimum Gasteiger partial charge on any atom is -0.494 e. The molecule has 0 saturated carbocycles. The number of anilines is 1. The number of halogens is 3. The number of piperazine rings is 1. The Balaban J connectivity index is 1.21. The number of carbonyl (C=O) groups is 3. The first-order valence-electron chi connectivity index (χ1n) is 13.9. The Kier molecular flexibility index (Phi) is 8.44. The third-order valence-electron chi connectivity index (χ3n) is 8.22. The number of amides is 3. The summed E-state index contributed by atoms with van der Waals surface area (Å²) in [4.78, 5) is 46.8. The zero-order chi connectivity index (χ0) is 31.1. The summed E-state index contributed by atoms with van der Waals surface area (Å²) in [6.45, 7) is 3.57. The van der Waals surface area contributed by atoms with E-state index in [0.29, 0.717) is 31.9 Å². The molecule has 5 rings (SSSR count). The van der Waals surface area contributed by atoms with Crippen LogP contribution >= 0.6 is 11.6 Å². The van der Waals surface area contributed by atoms with Gasteiger partial charge in [-0.05, 0) is 30.3 Å². The molecule has 0 spiro atoms. The number of imidazole rings is 1. The van der Waals surface area contributed by atoms with E-state index in [1.807, 2.05) is 4.90 Å². The standard InChI is InChI=1S/C30H33ClF2N6O4/c1-36-23(21-7-8-24(43-4)26(33)25(21)32)16-34-27(36)28(40)35-19-5-6-20(22(31)15-19)30(42)38-12-10-37(11-13-38)29(41)18-9-14-39(2,3)17-18/h5-8,15-16,18H,9-14,17H2,1-4H3/p+1.